The molecule has 4 rings (SSSR count). The van der Waals surface area contributed by atoms with Crippen molar-refractivity contribution in [3.05, 3.63) is 79.2 Å². The van der Waals surface area contributed by atoms with Gasteiger partial charge in [0.2, 0.25) is 10.0 Å². The van der Waals surface area contributed by atoms with Crippen LogP contribution in [0, 0.1) is 5.82 Å². The summed E-state index contributed by atoms with van der Waals surface area (Å²) >= 11 is 1.25. The van der Waals surface area contributed by atoms with E-state index < -0.39 is 15.8 Å². The van der Waals surface area contributed by atoms with E-state index in [4.69, 9.17) is 4.74 Å². The number of benzene rings is 2. The molecule has 3 aromatic rings. The van der Waals surface area contributed by atoms with Gasteiger partial charge in [0.25, 0.3) is 5.91 Å². The molecule has 0 atom stereocenters. The molecule has 0 aliphatic carbocycles. The summed E-state index contributed by atoms with van der Waals surface area (Å²) in [5.74, 6) is -0.770. The van der Waals surface area contributed by atoms with Crippen molar-refractivity contribution in [2.75, 3.05) is 57.4 Å². The van der Waals surface area contributed by atoms with Gasteiger partial charge in [-0.25, -0.2) is 17.8 Å². The van der Waals surface area contributed by atoms with E-state index in [-0.39, 0.29) is 29.4 Å². The smallest absolute Gasteiger partial charge is 0.260 e. The van der Waals surface area contributed by atoms with Crippen molar-refractivity contribution in [2.45, 2.75) is 11.3 Å². The fourth-order valence-corrected chi connectivity index (χ4v) is 6.60. The number of sulfonamides is 1. The molecule has 38 heavy (non-hydrogen) atoms. The lowest BCUT2D eigenvalue weighted by Crippen LogP contribution is -2.39. The monoisotopic (exact) mass is 558 g/mol. The fraction of sp³-hybridized carbons (Fsp3) is 0.333. The number of thiazole rings is 1. The van der Waals surface area contributed by atoms with Crippen LogP contribution >= 0.6 is 11.3 Å². The molecule has 1 amide bonds. The molecule has 0 spiro atoms. The highest BCUT2D eigenvalue weighted by Gasteiger charge is 2.25. The summed E-state index contributed by atoms with van der Waals surface area (Å²) < 4.78 is 47.8. The lowest BCUT2D eigenvalue weighted by atomic mass is 10.2. The van der Waals surface area contributed by atoms with E-state index in [1.165, 1.54) is 58.1 Å². The first-order valence-corrected chi connectivity index (χ1v) is 14.6. The molecular weight excluding hydrogens is 527 g/mol. The van der Waals surface area contributed by atoms with Gasteiger partial charge in [-0.1, -0.05) is 29.6 Å². The first kappa shape index (κ1) is 28.1. The second-order valence-corrected chi connectivity index (χ2v) is 11.7. The van der Waals surface area contributed by atoms with Gasteiger partial charge in [-0.05, 0) is 42.8 Å². The van der Waals surface area contributed by atoms with Crippen molar-refractivity contribution in [3.8, 4) is 0 Å². The van der Waals surface area contributed by atoms with Crippen LogP contribution < -0.4 is 4.90 Å². The quantitative estimate of drug-likeness (QED) is 0.311. The fourth-order valence-electron chi connectivity index (χ4n) is 4.21. The zero-order valence-corrected chi connectivity index (χ0v) is 22.7. The predicted octanol–water partition coefficient (Wildman–Crippen LogP) is 4.17. The average molecular weight is 559 g/mol. The molecule has 1 aromatic heterocycles. The van der Waals surface area contributed by atoms with Crippen molar-refractivity contribution < 1.29 is 22.3 Å². The molecule has 202 valence electrons. The Morgan fingerprint density at radius 2 is 1.79 bits per heavy atom. The molecule has 1 fully saturated rings. The second-order valence-electron chi connectivity index (χ2n) is 8.77. The molecular formula is C27H31FN4O4S2. The number of halogens is 1. The highest BCUT2D eigenvalue weighted by atomic mass is 32.2. The summed E-state index contributed by atoms with van der Waals surface area (Å²) in [4.78, 5) is 22.0. The molecule has 0 radical (unpaired) electrons. The second kappa shape index (κ2) is 12.7. The number of fused-ring (bicyclic) bond motifs is 1. The van der Waals surface area contributed by atoms with Gasteiger partial charge in [-0.3, -0.25) is 14.6 Å². The maximum Gasteiger partial charge on any atom is 0.260 e. The molecule has 8 nitrogen and oxygen atoms in total. The first-order valence-electron chi connectivity index (χ1n) is 12.3. The van der Waals surface area contributed by atoms with Gasteiger partial charge >= 0.3 is 0 Å². The maximum atomic E-state index is 14.4. The third-order valence-electron chi connectivity index (χ3n) is 6.20. The minimum atomic E-state index is -3.79. The van der Waals surface area contributed by atoms with Crippen molar-refractivity contribution in [1.82, 2.24) is 14.2 Å². The summed E-state index contributed by atoms with van der Waals surface area (Å²) in [7, 11) is -3.79. The molecule has 2 heterocycles. The van der Waals surface area contributed by atoms with E-state index in [1.54, 1.807) is 17.0 Å². The maximum absolute atomic E-state index is 14.4. The Morgan fingerprint density at radius 1 is 1.11 bits per heavy atom. The van der Waals surface area contributed by atoms with Crippen LogP contribution in [0.4, 0.5) is 9.52 Å². The molecule has 2 aromatic carbocycles. The van der Waals surface area contributed by atoms with E-state index in [0.29, 0.717) is 41.6 Å². The number of carbonyl (C=O) groups is 1. The minimum Gasteiger partial charge on any atom is -0.379 e. The molecule has 1 saturated heterocycles. The largest absolute Gasteiger partial charge is 0.379 e. The Balaban J connectivity index is 1.59. The Kier molecular flexibility index (Phi) is 9.40. The van der Waals surface area contributed by atoms with Crippen LogP contribution in [0.2, 0.25) is 0 Å². The molecule has 0 saturated carbocycles. The number of nitrogens with zero attached hydrogens (tertiary/aromatic N) is 4. The van der Waals surface area contributed by atoms with E-state index in [9.17, 15) is 17.6 Å². The van der Waals surface area contributed by atoms with Gasteiger partial charge in [0.15, 0.2) is 5.13 Å². The number of ether oxygens (including phenoxy) is 1. The van der Waals surface area contributed by atoms with Gasteiger partial charge in [0.05, 0.1) is 22.8 Å². The Bertz CT molecular complexity index is 1380. The van der Waals surface area contributed by atoms with E-state index in [1.807, 2.05) is 0 Å². The van der Waals surface area contributed by atoms with Crippen molar-refractivity contribution in [2.24, 2.45) is 0 Å². The minimum absolute atomic E-state index is 0.0682. The molecule has 1 aliphatic rings. The number of anilines is 1. The van der Waals surface area contributed by atoms with Gasteiger partial charge in [0.1, 0.15) is 11.3 Å². The number of hydrogen-bond donors (Lipinski definition) is 0. The zero-order valence-electron chi connectivity index (χ0n) is 21.1. The number of amides is 1. The Labute approximate surface area is 226 Å². The van der Waals surface area contributed by atoms with Gasteiger partial charge in [0, 0.05) is 44.8 Å². The van der Waals surface area contributed by atoms with Crippen LogP contribution in [0.25, 0.3) is 10.2 Å². The van der Waals surface area contributed by atoms with Crippen LogP contribution in [0.1, 0.15) is 16.8 Å². The molecule has 0 unspecified atom stereocenters. The molecule has 0 N–H and O–H groups in total. The number of hydrogen-bond acceptors (Lipinski definition) is 7. The summed E-state index contributed by atoms with van der Waals surface area (Å²) in [6, 6.07) is 10.6. The van der Waals surface area contributed by atoms with Gasteiger partial charge in [-0.15, -0.1) is 13.2 Å². The van der Waals surface area contributed by atoms with Gasteiger partial charge in [-0.2, -0.15) is 4.31 Å². The lowest BCUT2D eigenvalue weighted by molar-refractivity contribution is 0.0376. The van der Waals surface area contributed by atoms with Crippen molar-refractivity contribution in [3.63, 3.8) is 0 Å². The van der Waals surface area contributed by atoms with Crippen LogP contribution in [0.15, 0.2) is 72.7 Å². The standard InChI is InChI=1S/C27H31FN4O4S2/c1-3-13-31(14-4-2)38(34,35)22-11-9-21(10-12-22)26(33)32(16-6-15-30-17-19-36-20-18-30)27-29-25-23(28)7-5-8-24(25)37-27/h3-5,7-12H,1-2,6,13-20H2. The number of aromatic nitrogens is 1. The Hall–Kier alpha value is -2.96. The van der Waals surface area contributed by atoms with Crippen LogP contribution in [0.5, 0.6) is 0 Å². The summed E-state index contributed by atoms with van der Waals surface area (Å²) in [5, 5.41) is 0.400. The normalized spacial score (nSPS) is 14.6. The van der Waals surface area contributed by atoms with Crippen LogP contribution in [0.3, 0.4) is 0 Å². The first-order chi connectivity index (χ1) is 18.3. The third-order valence-corrected chi connectivity index (χ3v) is 9.09. The molecule has 0 bridgehead atoms. The molecule has 1 aliphatic heterocycles. The number of morpholine rings is 1. The summed E-state index contributed by atoms with van der Waals surface area (Å²) in [5.41, 5.74) is 0.540. The summed E-state index contributed by atoms with van der Waals surface area (Å²) in [6.45, 7) is 11.7. The third kappa shape index (κ3) is 6.36. The zero-order chi connectivity index (χ0) is 27.1. The van der Waals surface area contributed by atoms with E-state index in [0.717, 1.165) is 19.6 Å². The highest BCUT2D eigenvalue weighted by Crippen LogP contribution is 2.31. The Morgan fingerprint density at radius 3 is 2.42 bits per heavy atom. The number of para-hydroxylation sites is 1. The average Bonchev–Trinajstić information content (AvgIpc) is 3.37. The van der Waals surface area contributed by atoms with Crippen molar-refractivity contribution in [1.29, 1.82) is 0 Å². The summed E-state index contributed by atoms with van der Waals surface area (Å²) in [6.07, 6.45) is 3.71. The topological polar surface area (TPSA) is 83.1 Å². The van der Waals surface area contributed by atoms with Gasteiger partial charge < -0.3 is 4.74 Å². The van der Waals surface area contributed by atoms with Crippen LogP contribution in [-0.4, -0.2) is 81.0 Å². The van der Waals surface area contributed by atoms with E-state index in [2.05, 4.69) is 23.0 Å². The van der Waals surface area contributed by atoms with Crippen molar-refractivity contribution >= 4 is 42.6 Å². The molecule has 11 heteroatoms. The predicted molar refractivity (Wildman–Crippen MR) is 149 cm³/mol. The van der Waals surface area contributed by atoms with E-state index >= 15 is 0 Å². The van der Waals surface area contributed by atoms with Crippen LogP contribution in [-0.2, 0) is 14.8 Å². The number of rotatable bonds is 12. The highest BCUT2D eigenvalue weighted by molar-refractivity contribution is 7.89. The number of carbonyl (C=O) groups excluding carboxylic acids is 1. The SMILES string of the molecule is C=CCN(CC=C)S(=O)(=O)c1ccc(C(=O)N(CCCN2CCOCC2)c2nc3c(F)cccc3s2)cc1. The lowest BCUT2D eigenvalue weighted by Gasteiger charge is -2.27.